The van der Waals surface area contributed by atoms with Crippen LogP contribution in [0.4, 0.5) is 4.79 Å². The Morgan fingerprint density at radius 2 is 2.00 bits per heavy atom. The number of nitrogens with zero attached hydrogens (tertiary/aromatic N) is 3. The number of halogens is 1. The minimum Gasteiger partial charge on any atom is -0.449 e. The van der Waals surface area contributed by atoms with Crippen LogP contribution in [0.1, 0.15) is 53.5 Å². The van der Waals surface area contributed by atoms with Crippen molar-refractivity contribution in [1.82, 2.24) is 29.2 Å². The number of fused-ring (bicyclic) bond motifs is 2. The third-order valence-electron chi connectivity index (χ3n) is 7.64. The summed E-state index contributed by atoms with van der Waals surface area (Å²) >= 11 is 7.36. The van der Waals surface area contributed by atoms with Gasteiger partial charge < -0.3 is 19.9 Å². The summed E-state index contributed by atoms with van der Waals surface area (Å²) in [5.74, 6) is -0.914. The minimum atomic E-state index is -4.14. The predicted molar refractivity (Wildman–Crippen MR) is 167 cm³/mol. The fourth-order valence-electron chi connectivity index (χ4n) is 5.25. The van der Waals surface area contributed by atoms with Gasteiger partial charge in [0.1, 0.15) is 5.03 Å². The van der Waals surface area contributed by atoms with Crippen molar-refractivity contribution in [3.8, 4) is 0 Å². The maximum atomic E-state index is 13.8. The van der Waals surface area contributed by atoms with E-state index in [1.165, 1.54) is 26.6 Å². The first-order valence-electron chi connectivity index (χ1n) is 14.3. The van der Waals surface area contributed by atoms with Gasteiger partial charge in [-0.3, -0.25) is 4.79 Å². The molecule has 0 bridgehead atoms. The number of ether oxygens (including phenoxy) is 1. The molecule has 0 radical (unpaired) electrons. The van der Waals surface area contributed by atoms with Crippen LogP contribution in [0.15, 0.2) is 29.3 Å². The van der Waals surface area contributed by atoms with Gasteiger partial charge in [0.15, 0.2) is 5.01 Å². The summed E-state index contributed by atoms with van der Waals surface area (Å²) in [6, 6.07) is 5.90. The molecule has 5 rings (SSSR count). The number of nitrogens with one attached hydrogen (secondary N) is 3. The molecule has 44 heavy (non-hydrogen) atoms. The number of sulfonamides is 2. The van der Waals surface area contributed by atoms with Gasteiger partial charge in [-0.25, -0.2) is 31.3 Å². The number of piperazine rings is 1. The molecule has 1 aromatic carbocycles. The van der Waals surface area contributed by atoms with Crippen LogP contribution in [0.3, 0.4) is 0 Å². The average molecular weight is 687 g/mol. The van der Waals surface area contributed by atoms with Crippen molar-refractivity contribution in [3.05, 3.63) is 44.9 Å². The lowest BCUT2D eigenvalue weighted by molar-refractivity contribution is 0.0558. The summed E-state index contributed by atoms with van der Waals surface area (Å²) in [5, 5.41) is 4.68. The molecule has 4 heterocycles. The summed E-state index contributed by atoms with van der Waals surface area (Å²) < 4.78 is 61.0. The molecule has 17 heteroatoms. The van der Waals surface area contributed by atoms with Crippen LogP contribution in [0.2, 0.25) is 5.02 Å². The molecule has 3 N–H and O–H groups in total. The Bertz CT molecular complexity index is 1760. The second kappa shape index (κ2) is 13.3. The molecular formula is C27H35ClN6O7S3. The van der Waals surface area contributed by atoms with Gasteiger partial charge in [0.25, 0.3) is 15.9 Å². The van der Waals surface area contributed by atoms with Crippen LogP contribution in [0.25, 0.3) is 10.9 Å². The highest BCUT2D eigenvalue weighted by atomic mass is 35.5. The number of H-pyrrole nitrogens is 1. The van der Waals surface area contributed by atoms with Crippen LogP contribution in [-0.4, -0.2) is 92.1 Å². The molecule has 1 fully saturated rings. The summed E-state index contributed by atoms with van der Waals surface area (Å²) in [7, 11) is -8.18. The van der Waals surface area contributed by atoms with E-state index < -0.39 is 37.9 Å². The minimum absolute atomic E-state index is 0.000865. The molecule has 2 unspecified atom stereocenters. The Kier molecular flexibility index (Phi) is 9.87. The lowest BCUT2D eigenvalue weighted by atomic mass is 10.1. The molecule has 2 amide bonds. The number of rotatable bonds is 10. The Balaban J connectivity index is 1.37. The van der Waals surface area contributed by atoms with Crippen molar-refractivity contribution in [2.24, 2.45) is 0 Å². The van der Waals surface area contributed by atoms with Crippen LogP contribution in [0, 0.1) is 0 Å². The number of unbranched alkanes of at least 4 members (excludes halogenated alkanes) is 1. The first-order valence-corrected chi connectivity index (χ1v) is 18.6. The van der Waals surface area contributed by atoms with E-state index in [-0.39, 0.29) is 54.6 Å². The number of aromatic amines is 1. The fourth-order valence-corrected chi connectivity index (χ4v) is 8.90. The number of carbonyl (C=O) groups excluding carboxylic acids is 2. The van der Waals surface area contributed by atoms with Crippen LogP contribution >= 0.6 is 22.9 Å². The van der Waals surface area contributed by atoms with E-state index >= 15 is 0 Å². The third-order valence-corrected chi connectivity index (χ3v) is 12.0. The topological polar surface area (TPSA) is 171 Å². The van der Waals surface area contributed by atoms with Crippen molar-refractivity contribution in [2.45, 2.75) is 63.2 Å². The number of amides is 2. The molecule has 2 aromatic heterocycles. The second-order valence-electron chi connectivity index (χ2n) is 11.0. The molecule has 0 aliphatic carbocycles. The monoisotopic (exact) mass is 686 g/mol. The molecule has 0 saturated carbocycles. The standard InChI is InChI=1S/C27H35ClN6O7S3/c1-3-4-10-41-27(36)32-43(37,38)11-7-20-16-33(44(39,40)24-14-18-13-19(28)5-6-21(18)30-24)8-9-34(20)26(35)25-31-22-12-17(2)29-15-23(22)42-25/h5-6,13-14,17,20,29-30H,3-4,7-12,15-16H2,1-2H3,(H,32,36). The van der Waals surface area contributed by atoms with Gasteiger partial charge in [-0.1, -0.05) is 24.9 Å². The summed E-state index contributed by atoms with van der Waals surface area (Å²) in [6.07, 6.45) is 0.850. The number of hydrogen-bond donors (Lipinski definition) is 3. The highest BCUT2D eigenvalue weighted by molar-refractivity contribution is 7.90. The fraction of sp³-hybridized carbons (Fsp3) is 0.519. The molecule has 2 aliphatic heterocycles. The SMILES string of the molecule is CCCCOC(=O)NS(=O)(=O)CCC1CN(S(=O)(=O)c2cc3cc(Cl)ccc3[nH]2)CCN1C(=O)c1nc2c(s1)CNC(C)C2. The lowest BCUT2D eigenvalue weighted by Crippen LogP contribution is -2.57. The maximum Gasteiger partial charge on any atom is 0.420 e. The van der Waals surface area contributed by atoms with Crippen molar-refractivity contribution >= 4 is 65.9 Å². The van der Waals surface area contributed by atoms with E-state index in [1.54, 1.807) is 18.2 Å². The van der Waals surface area contributed by atoms with Gasteiger partial charge >= 0.3 is 6.09 Å². The van der Waals surface area contributed by atoms with E-state index in [2.05, 4.69) is 15.3 Å². The average Bonchev–Trinajstić information content (AvgIpc) is 3.59. The first-order chi connectivity index (χ1) is 20.9. The highest BCUT2D eigenvalue weighted by Gasteiger charge is 2.39. The number of carbonyl (C=O) groups is 2. The quantitative estimate of drug-likeness (QED) is 0.271. The molecule has 3 aromatic rings. The Morgan fingerprint density at radius 3 is 2.77 bits per heavy atom. The number of aromatic nitrogens is 2. The molecule has 13 nitrogen and oxygen atoms in total. The van der Waals surface area contributed by atoms with E-state index in [1.807, 2.05) is 18.6 Å². The van der Waals surface area contributed by atoms with Crippen molar-refractivity contribution in [3.63, 3.8) is 0 Å². The molecule has 240 valence electrons. The lowest BCUT2D eigenvalue weighted by Gasteiger charge is -2.40. The van der Waals surface area contributed by atoms with Gasteiger partial charge in [-0.2, -0.15) is 4.31 Å². The smallest absolute Gasteiger partial charge is 0.420 e. The zero-order valence-electron chi connectivity index (χ0n) is 24.3. The Morgan fingerprint density at radius 1 is 1.20 bits per heavy atom. The van der Waals surface area contributed by atoms with Crippen LogP contribution in [-0.2, 0) is 37.7 Å². The summed E-state index contributed by atoms with van der Waals surface area (Å²) in [4.78, 5) is 35.7. The van der Waals surface area contributed by atoms with Crippen LogP contribution < -0.4 is 10.0 Å². The first kappa shape index (κ1) is 32.6. The molecule has 2 aliphatic rings. The van der Waals surface area contributed by atoms with Crippen LogP contribution in [0.5, 0.6) is 0 Å². The van der Waals surface area contributed by atoms with Gasteiger partial charge in [0.2, 0.25) is 10.0 Å². The Labute approximate surface area is 265 Å². The zero-order chi connectivity index (χ0) is 31.6. The van der Waals surface area contributed by atoms with E-state index in [9.17, 15) is 26.4 Å². The Hall–Kier alpha value is -2.76. The van der Waals surface area contributed by atoms with E-state index in [0.717, 1.165) is 17.0 Å². The van der Waals surface area contributed by atoms with Crippen molar-refractivity contribution in [2.75, 3.05) is 32.0 Å². The van der Waals surface area contributed by atoms with E-state index in [4.69, 9.17) is 16.3 Å². The molecule has 1 saturated heterocycles. The molecular weight excluding hydrogens is 652 g/mol. The molecule has 0 spiro atoms. The van der Waals surface area contributed by atoms with Crippen molar-refractivity contribution < 1.29 is 31.2 Å². The molecule has 2 atom stereocenters. The summed E-state index contributed by atoms with van der Waals surface area (Å²) in [6.45, 7) is 4.51. The van der Waals surface area contributed by atoms with Gasteiger partial charge in [-0.05, 0) is 44.0 Å². The number of benzene rings is 1. The van der Waals surface area contributed by atoms with Gasteiger partial charge in [-0.15, -0.1) is 11.3 Å². The zero-order valence-corrected chi connectivity index (χ0v) is 27.5. The van der Waals surface area contributed by atoms with E-state index in [0.29, 0.717) is 35.3 Å². The summed E-state index contributed by atoms with van der Waals surface area (Å²) in [5.41, 5.74) is 1.45. The predicted octanol–water partition coefficient (Wildman–Crippen LogP) is 3.07. The van der Waals surface area contributed by atoms with Crippen molar-refractivity contribution in [1.29, 1.82) is 0 Å². The number of hydrogen-bond acceptors (Lipinski definition) is 10. The van der Waals surface area contributed by atoms with Gasteiger partial charge in [0, 0.05) is 65.5 Å². The third kappa shape index (κ3) is 7.37. The largest absolute Gasteiger partial charge is 0.449 e. The van der Waals surface area contributed by atoms with Gasteiger partial charge in [0.05, 0.1) is 18.1 Å². The highest BCUT2D eigenvalue weighted by Crippen LogP contribution is 2.29. The maximum absolute atomic E-state index is 13.8. The second-order valence-corrected chi connectivity index (χ2v) is 16.2. The number of thiazole rings is 1. The normalized spacial score (nSPS) is 19.6.